The first-order chi connectivity index (χ1) is 20.6. The minimum atomic E-state index is -0.765. The lowest BCUT2D eigenvalue weighted by Crippen LogP contribution is -2.25. The summed E-state index contributed by atoms with van der Waals surface area (Å²) in [6.07, 6.45) is -0.522. The Morgan fingerprint density at radius 1 is 0.605 bits per heavy atom. The molecule has 1 saturated heterocycles. The van der Waals surface area contributed by atoms with Crippen LogP contribution in [0.3, 0.4) is 0 Å². The molecule has 0 radical (unpaired) electrons. The summed E-state index contributed by atoms with van der Waals surface area (Å²) in [6.45, 7) is 10.5. The van der Waals surface area contributed by atoms with Gasteiger partial charge in [0.1, 0.15) is 55.0 Å². The Bertz CT molecular complexity index is 1440. The van der Waals surface area contributed by atoms with Crippen molar-refractivity contribution in [1.29, 1.82) is 0 Å². The zero-order valence-electron chi connectivity index (χ0n) is 25.7. The Balaban J connectivity index is 1.09. The molecule has 2 atom stereocenters. The largest absolute Gasteiger partial charge is 0.497 e. The topological polar surface area (TPSA) is 69.7 Å². The zero-order valence-corrected chi connectivity index (χ0v) is 25.7. The molecule has 0 spiro atoms. The van der Waals surface area contributed by atoms with Crippen molar-refractivity contribution >= 4 is 0 Å². The van der Waals surface area contributed by atoms with Crippen LogP contribution in [0.15, 0.2) is 97.1 Å². The molecule has 0 aromatic heterocycles. The molecular formula is C37H42O6. The summed E-state index contributed by atoms with van der Waals surface area (Å²) in [5, 5.41) is 10.5. The third kappa shape index (κ3) is 7.70. The summed E-state index contributed by atoms with van der Waals surface area (Å²) in [5.41, 5.74) is 4.37. The number of rotatable bonds is 14. The summed E-state index contributed by atoms with van der Waals surface area (Å²) in [7, 11) is 1.67. The van der Waals surface area contributed by atoms with Crippen LogP contribution >= 0.6 is 0 Å². The number of aliphatic hydroxyl groups excluding tert-OH is 1. The Morgan fingerprint density at radius 3 is 1.26 bits per heavy atom. The van der Waals surface area contributed by atoms with Crippen LogP contribution in [-0.2, 0) is 15.6 Å². The van der Waals surface area contributed by atoms with Crippen LogP contribution < -0.4 is 18.9 Å². The maximum Gasteiger partial charge on any atom is 0.122 e. The average Bonchev–Trinajstić information content (AvgIpc) is 3.87. The molecule has 6 nitrogen and oxygen atoms in total. The number of benzene rings is 4. The predicted octanol–water partition coefficient (Wildman–Crippen LogP) is 6.94. The number of hydrogen-bond donors (Lipinski definition) is 1. The van der Waals surface area contributed by atoms with Crippen LogP contribution in [0, 0.1) is 0 Å². The van der Waals surface area contributed by atoms with E-state index in [1.165, 1.54) is 22.3 Å². The standard InChI is InChI=1S/C37H42O6/c1-36(2,26-6-14-31(39-5)15-7-26)27-8-16-32(17-9-27)40-22-30(38)23-41-33-18-10-28(11-19-33)37(3,4)29-12-20-34(21-13-29)42-24-35-25-43-35/h6-21,30,35,38H,22-25H2,1-5H3. The maximum absolute atomic E-state index is 10.5. The molecule has 1 N–H and O–H groups in total. The second-order valence-electron chi connectivity index (χ2n) is 12.1. The van der Waals surface area contributed by atoms with Crippen molar-refractivity contribution in [2.45, 2.75) is 50.7 Å². The van der Waals surface area contributed by atoms with Crippen LogP contribution in [0.4, 0.5) is 0 Å². The third-order valence-corrected chi connectivity index (χ3v) is 8.26. The first kappa shape index (κ1) is 30.5. The lowest BCUT2D eigenvalue weighted by Gasteiger charge is -2.26. The van der Waals surface area contributed by atoms with Crippen LogP contribution in [0.2, 0.25) is 0 Å². The van der Waals surface area contributed by atoms with Gasteiger partial charge in [-0.25, -0.2) is 0 Å². The first-order valence-electron chi connectivity index (χ1n) is 14.8. The Morgan fingerprint density at radius 2 is 0.930 bits per heavy atom. The molecule has 1 heterocycles. The molecule has 0 bridgehead atoms. The zero-order chi connectivity index (χ0) is 30.5. The van der Waals surface area contributed by atoms with Crippen molar-refractivity contribution in [2.24, 2.45) is 0 Å². The number of ether oxygens (including phenoxy) is 5. The van der Waals surface area contributed by atoms with Crippen molar-refractivity contribution < 1.29 is 28.8 Å². The van der Waals surface area contributed by atoms with Gasteiger partial charge in [0.05, 0.1) is 13.7 Å². The molecule has 4 aromatic carbocycles. The van der Waals surface area contributed by atoms with Crippen molar-refractivity contribution in [3.05, 3.63) is 119 Å². The van der Waals surface area contributed by atoms with Crippen LogP contribution in [0.5, 0.6) is 23.0 Å². The van der Waals surface area contributed by atoms with E-state index in [0.29, 0.717) is 18.1 Å². The van der Waals surface area contributed by atoms with E-state index in [9.17, 15) is 5.11 Å². The van der Waals surface area contributed by atoms with E-state index in [4.69, 9.17) is 23.7 Å². The highest BCUT2D eigenvalue weighted by atomic mass is 16.6. The molecule has 5 rings (SSSR count). The van der Waals surface area contributed by atoms with E-state index in [-0.39, 0.29) is 30.1 Å². The highest BCUT2D eigenvalue weighted by Gasteiger charge is 2.25. The van der Waals surface area contributed by atoms with Gasteiger partial charge in [0.15, 0.2) is 0 Å². The Hall–Kier alpha value is -4.00. The molecular weight excluding hydrogens is 540 g/mol. The van der Waals surface area contributed by atoms with Crippen molar-refractivity contribution in [2.75, 3.05) is 33.5 Å². The van der Waals surface area contributed by atoms with Crippen molar-refractivity contribution in [3.8, 4) is 23.0 Å². The number of hydrogen-bond acceptors (Lipinski definition) is 6. The lowest BCUT2D eigenvalue weighted by atomic mass is 9.78. The normalized spacial score (nSPS) is 15.4. The Labute approximate surface area is 255 Å². The molecule has 2 unspecified atom stereocenters. The summed E-state index contributed by atoms with van der Waals surface area (Å²) < 4.78 is 28.0. The van der Waals surface area contributed by atoms with Gasteiger partial charge >= 0.3 is 0 Å². The van der Waals surface area contributed by atoms with Crippen LogP contribution in [0.1, 0.15) is 49.9 Å². The first-order valence-corrected chi connectivity index (χ1v) is 14.8. The highest BCUT2D eigenvalue weighted by molar-refractivity contribution is 5.43. The maximum atomic E-state index is 10.5. The highest BCUT2D eigenvalue weighted by Crippen LogP contribution is 2.35. The number of methoxy groups -OCH3 is 1. The molecule has 0 saturated carbocycles. The summed E-state index contributed by atoms with van der Waals surface area (Å²) in [6, 6.07) is 32.4. The fourth-order valence-corrected chi connectivity index (χ4v) is 5.03. The van der Waals surface area contributed by atoms with Gasteiger partial charge in [0.2, 0.25) is 0 Å². The third-order valence-electron chi connectivity index (χ3n) is 8.26. The summed E-state index contributed by atoms with van der Waals surface area (Å²) >= 11 is 0. The summed E-state index contributed by atoms with van der Waals surface area (Å²) in [4.78, 5) is 0. The SMILES string of the molecule is COc1ccc(C(C)(C)c2ccc(OCC(O)COc3ccc(C(C)(C)c4ccc(OCC5CO5)cc4)cc3)cc2)cc1. The average molecular weight is 583 g/mol. The molecule has 226 valence electrons. The molecule has 0 aliphatic carbocycles. The summed E-state index contributed by atoms with van der Waals surface area (Å²) in [5.74, 6) is 3.11. The van der Waals surface area contributed by atoms with E-state index in [1.54, 1.807) is 7.11 Å². The van der Waals surface area contributed by atoms with Crippen LogP contribution in [-0.4, -0.2) is 50.9 Å². The van der Waals surface area contributed by atoms with E-state index >= 15 is 0 Å². The van der Waals surface area contributed by atoms with Crippen LogP contribution in [0.25, 0.3) is 0 Å². The van der Waals surface area contributed by atoms with Gasteiger partial charge < -0.3 is 28.8 Å². The Kier molecular flexibility index (Phi) is 9.28. The van der Waals surface area contributed by atoms with Gasteiger partial charge in [0, 0.05) is 10.8 Å². The molecule has 0 amide bonds. The predicted molar refractivity (Wildman–Crippen MR) is 169 cm³/mol. The molecule has 1 aliphatic heterocycles. The minimum Gasteiger partial charge on any atom is -0.497 e. The monoisotopic (exact) mass is 582 g/mol. The molecule has 4 aromatic rings. The second kappa shape index (κ2) is 13.1. The van der Waals surface area contributed by atoms with E-state index in [1.807, 2.05) is 48.5 Å². The minimum absolute atomic E-state index is 0.138. The van der Waals surface area contributed by atoms with Gasteiger partial charge in [-0.2, -0.15) is 0 Å². The fourth-order valence-electron chi connectivity index (χ4n) is 5.03. The van der Waals surface area contributed by atoms with E-state index in [0.717, 1.165) is 18.1 Å². The van der Waals surface area contributed by atoms with Gasteiger partial charge in [-0.1, -0.05) is 76.2 Å². The van der Waals surface area contributed by atoms with Gasteiger partial charge in [0.25, 0.3) is 0 Å². The quantitative estimate of drug-likeness (QED) is 0.162. The second-order valence-corrected chi connectivity index (χ2v) is 12.1. The van der Waals surface area contributed by atoms with E-state index in [2.05, 4.69) is 76.2 Å². The molecule has 6 heteroatoms. The lowest BCUT2D eigenvalue weighted by molar-refractivity contribution is 0.0626. The van der Waals surface area contributed by atoms with Crippen molar-refractivity contribution in [3.63, 3.8) is 0 Å². The smallest absolute Gasteiger partial charge is 0.122 e. The molecule has 43 heavy (non-hydrogen) atoms. The fraction of sp³-hybridized carbons (Fsp3) is 0.351. The van der Waals surface area contributed by atoms with Gasteiger partial charge in [-0.05, 0) is 70.8 Å². The number of aliphatic hydroxyl groups is 1. The van der Waals surface area contributed by atoms with E-state index < -0.39 is 6.10 Å². The van der Waals surface area contributed by atoms with Crippen molar-refractivity contribution in [1.82, 2.24) is 0 Å². The molecule has 1 aliphatic rings. The van der Waals surface area contributed by atoms with Gasteiger partial charge in [-0.15, -0.1) is 0 Å². The van der Waals surface area contributed by atoms with Gasteiger partial charge in [-0.3, -0.25) is 0 Å². The number of epoxide rings is 1. The molecule has 1 fully saturated rings.